The van der Waals surface area contributed by atoms with Crippen LogP contribution in [0.25, 0.3) is 6.08 Å². The number of carbonyl (C=O) groups excluding carboxylic acids is 2. The number of methoxy groups -OCH3 is 1. The summed E-state index contributed by atoms with van der Waals surface area (Å²) in [5, 5.41) is 3.21. The normalized spacial score (nSPS) is 11.8. The lowest BCUT2D eigenvalue weighted by Crippen LogP contribution is -2.28. The molecule has 136 valence electrons. The molecule has 1 N–H and O–H groups in total. The summed E-state index contributed by atoms with van der Waals surface area (Å²) < 4.78 is 4.76. The Morgan fingerprint density at radius 3 is 2.08 bits per heavy atom. The van der Waals surface area contributed by atoms with E-state index in [0.717, 1.165) is 11.1 Å². The molecular formula is C21H22ClNO3. The van der Waals surface area contributed by atoms with Crippen molar-refractivity contribution in [2.45, 2.75) is 26.2 Å². The molecule has 0 radical (unpaired) electrons. The lowest BCUT2D eigenvalue weighted by Gasteiger charge is -2.19. The Morgan fingerprint density at radius 1 is 1.00 bits per heavy atom. The van der Waals surface area contributed by atoms with Crippen LogP contribution in [0.3, 0.4) is 0 Å². The molecule has 2 aromatic carbocycles. The molecule has 0 unspecified atom stereocenters. The van der Waals surface area contributed by atoms with E-state index in [0.29, 0.717) is 10.6 Å². The topological polar surface area (TPSA) is 55.4 Å². The zero-order valence-electron chi connectivity index (χ0n) is 15.3. The molecule has 0 spiro atoms. The van der Waals surface area contributed by atoms with E-state index in [1.807, 2.05) is 12.1 Å². The van der Waals surface area contributed by atoms with Gasteiger partial charge in [-0.3, -0.25) is 4.79 Å². The number of amides is 1. The number of esters is 1. The van der Waals surface area contributed by atoms with Crippen molar-refractivity contribution in [1.82, 2.24) is 5.32 Å². The maximum absolute atomic E-state index is 12.5. The molecule has 0 aliphatic heterocycles. The first-order valence-electron chi connectivity index (χ1n) is 8.18. The summed E-state index contributed by atoms with van der Waals surface area (Å²) in [6, 6.07) is 14.2. The number of halogens is 1. The Balaban J connectivity index is 2.24. The van der Waals surface area contributed by atoms with E-state index >= 15 is 0 Å². The van der Waals surface area contributed by atoms with Crippen LogP contribution in [0.5, 0.6) is 0 Å². The number of hydrogen-bond acceptors (Lipinski definition) is 3. The summed E-state index contributed by atoms with van der Waals surface area (Å²) in [6.45, 7) is 6.31. The van der Waals surface area contributed by atoms with Crippen molar-refractivity contribution in [3.63, 3.8) is 0 Å². The van der Waals surface area contributed by atoms with Gasteiger partial charge in [0.2, 0.25) is 0 Å². The molecule has 0 aliphatic carbocycles. The lowest BCUT2D eigenvalue weighted by atomic mass is 9.87. The number of ether oxygens (including phenoxy) is 1. The maximum atomic E-state index is 12.5. The highest BCUT2D eigenvalue weighted by atomic mass is 35.5. The Kier molecular flexibility index (Phi) is 6.22. The molecular weight excluding hydrogens is 350 g/mol. The van der Waals surface area contributed by atoms with Crippen molar-refractivity contribution in [2.75, 3.05) is 7.11 Å². The molecule has 1 amide bonds. The Bertz CT molecular complexity index is 816. The molecule has 2 aromatic rings. The molecule has 2 rings (SSSR count). The first-order chi connectivity index (χ1) is 12.2. The van der Waals surface area contributed by atoms with Crippen LogP contribution in [0.2, 0.25) is 5.02 Å². The molecule has 0 bridgehead atoms. The van der Waals surface area contributed by atoms with E-state index in [-0.39, 0.29) is 17.0 Å². The third-order valence-corrected chi connectivity index (χ3v) is 4.10. The van der Waals surface area contributed by atoms with Crippen LogP contribution < -0.4 is 5.32 Å². The molecule has 0 aliphatic rings. The van der Waals surface area contributed by atoms with Crippen molar-refractivity contribution in [3.8, 4) is 0 Å². The van der Waals surface area contributed by atoms with Crippen LogP contribution in [0.15, 0.2) is 54.2 Å². The van der Waals surface area contributed by atoms with Crippen molar-refractivity contribution in [3.05, 3.63) is 75.9 Å². The molecule has 0 saturated carbocycles. The van der Waals surface area contributed by atoms with Crippen LogP contribution in [-0.4, -0.2) is 19.0 Å². The molecule has 26 heavy (non-hydrogen) atoms. The van der Waals surface area contributed by atoms with Gasteiger partial charge >= 0.3 is 5.97 Å². The maximum Gasteiger partial charge on any atom is 0.354 e. The van der Waals surface area contributed by atoms with E-state index in [2.05, 4.69) is 26.1 Å². The number of carbonyl (C=O) groups is 2. The first kappa shape index (κ1) is 19.7. The third-order valence-electron chi connectivity index (χ3n) is 3.85. The molecule has 4 nitrogen and oxygen atoms in total. The second-order valence-electron chi connectivity index (χ2n) is 6.88. The molecule has 0 saturated heterocycles. The number of benzene rings is 2. The molecule has 0 aromatic heterocycles. The van der Waals surface area contributed by atoms with E-state index < -0.39 is 5.97 Å². The smallest absolute Gasteiger partial charge is 0.354 e. The van der Waals surface area contributed by atoms with Gasteiger partial charge in [-0.05, 0) is 46.9 Å². The van der Waals surface area contributed by atoms with Gasteiger partial charge in [0.15, 0.2) is 0 Å². The Hall–Kier alpha value is -2.59. The van der Waals surface area contributed by atoms with Gasteiger partial charge in [0, 0.05) is 10.6 Å². The average molecular weight is 372 g/mol. The zero-order chi connectivity index (χ0) is 19.3. The number of hydrogen-bond donors (Lipinski definition) is 1. The summed E-state index contributed by atoms with van der Waals surface area (Å²) >= 11 is 5.87. The minimum absolute atomic E-state index is 0.000664. The summed E-state index contributed by atoms with van der Waals surface area (Å²) in [4.78, 5) is 24.5. The summed E-state index contributed by atoms with van der Waals surface area (Å²) in [5.74, 6) is -1.00. The Morgan fingerprint density at radius 2 is 1.58 bits per heavy atom. The van der Waals surface area contributed by atoms with Gasteiger partial charge in [0.25, 0.3) is 5.91 Å². The van der Waals surface area contributed by atoms with Crippen LogP contribution in [0.4, 0.5) is 0 Å². The van der Waals surface area contributed by atoms with Crippen LogP contribution in [-0.2, 0) is 14.9 Å². The van der Waals surface area contributed by atoms with Gasteiger partial charge in [0.05, 0.1) is 7.11 Å². The third kappa shape index (κ3) is 5.20. The molecule has 0 atom stereocenters. The largest absolute Gasteiger partial charge is 0.464 e. The SMILES string of the molecule is COC(=O)/C(=C\c1ccc(Cl)cc1)NC(=O)c1ccc(C(C)(C)C)cc1. The molecule has 5 heteroatoms. The van der Waals surface area contributed by atoms with Crippen LogP contribution in [0, 0.1) is 0 Å². The zero-order valence-corrected chi connectivity index (χ0v) is 16.1. The minimum Gasteiger partial charge on any atom is -0.464 e. The summed E-state index contributed by atoms with van der Waals surface area (Å²) in [5.41, 5.74) is 2.36. The van der Waals surface area contributed by atoms with E-state index in [9.17, 15) is 9.59 Å². The standard InChI is InChI=1S/C21H22ClNO3/c1-21(2,3)16-9-7-15(8-10-16)19(24)23-18(20(25)26-4)13-14-5-11-17(22)12-6-14/h5-13H,1-4H3,(H,23,24)/b18-13+. The summed E-state index contributed by atoms with van der Waals surface area (Å²) in [6.07, 6.45) is 1.55. The van der Waals surface area contributed by atoms with Gasteiger partial charge in [-0.15, -0.1) is 0 Å². The highest BCUT2D eigenvalue weighted by molar-refractivity contribution is 6.30. The Labute approximate surface area is 158 Å². The van der Waals surface area contributed by atoms with Gasteiger partial charge < -0.3 is 10.1 Å². The van der Waals surface area contributed by atoms with Gasteiger partial charge in [-0.25, -0.2) is 4.79 Å². The molecule has 0 heterocycles. The predicted molar refractivity (Wildman–Crippen MR) is 104 cm³/mol. The van der Waals surface area contributed by atoms with Crippen LogP contribution >= 0.6 is 11.6 Å². The van der Waals surface area contributed by atoms with E-state index in [4.69, 9.17) is 16.3 Å². The fraction of sp³-hybridized carbons (Fsp3) is 0.238. The van der Waals surface area contributed by atoms with Crippen LogP contribution in [0.1, 0.15) is 42.3 Å². The van der Waals surface area contributed by atoms with Gasteiger partial charge in [0.1, 0.15) is 5.70 Å². The predicted octanol–water partition coefficient (Wildman–Crippen LogP) is 4.58. The average Bonchev–Trinajstić information content (AvgIpc) is 2.61. The van der Waals surface area contributed by atoms with E-state index in [1.165, 1.54) is 7.11 Å². The van der Waals surface area contributed by atoms with Crippen molar-refractivity contribution in [2.24, 2.45) is 0 Å². The molecule has 0 fully saturated rings. The summed E-state index contributed by atoms with van der Waals surface area (Å²) in [7, 11) is 1.27. The monoisotopic (exact) mass is 371 g/mol. The van der Waals surface area contributed by atoms with Gasteiger partial charge in [-0.1, -0.05) is 56.6 Å². The second-order valence-corrected chi connectivity index (χ2v) is 7.32. The highest BCUT2D eigenvalue weighted by Gasteiger charge is 2.17. The fourth-order valence-corrected chi connectivity index (χ4v) is 2.42. The minimum atomic E-state index is -0.625. The highest BCUT2D eigenvalue weighted by Crippen LogP contribution is 2.22. The van der Waals surface area contributed by atoms with Crippen molar-refractivity contribution < 1.29 is 14.3 Å². The van der Waals surface area contributed by atoms with Gasteiger partial charge in [-0.2, -0.15) is 0 Å². The fourth-order valence-electron chi connectivity index (χ4n) is 2.30. The van der Waals surface area contributed by atoms with E-state index in [1.54, 1.807) is 42.5 Å². The van der Waals surface area contributed by atoms with Crippen molar-refractivity contribution in [1.29, 1.82) is 0 Å². The quantitative estimate of drug-likeness (QED) is 0.632. The number of nitrogens with one attached hydrogen (secondary N) is 1. The first-order valence-corrected chi connectivity index (χ1v) is 8.56. The lowest BCUT2D eigenvalue weighted by molar-refractivity contribution is -0.136. The second kappa shape index (κ2) is 8.19. The van der Waals surface area contributed by atoms with Crippen molar-refractivity contribution >= 4 is 29.6 Å². The number of rotatable bonds is 4.